The summed E-state index contributed by atoms with van der Waals surface area (Å²) in [5.41, 5.74) is 0.817. The Kier molecular flexibility index (Phi) is 4.57. The van der Waals surface area contributed by atoms with Gasteiger partial charge in [-0.1, -0.05) is 41.0 Å². The highest BCUT2D eigenvalue weighted by molar-refractivity contribution is 7.99. The number of benzene rings is 1. The van der Waals surface area contributed by atoms with E-state index in [1.807, 2.05) is 22.8 Å². The summed E-state index contributed by atoms with van der Waals surface area (Å²) in [5.74, 6) is 1.96. The highest BCUT2D eigenvalue weighted by atomic mass is 35.5. The molecule has 112 valence electrons. The van der Waals surface area contributed by atoms with E-state index in [2.05, 4.69) is 16.8 Å². The Morgan fingerprint density at radius 1 is 1.23 bits per heavy atom. The lowest BCUT2D eigenvalue weighted by atomic mass is 10.3. The molecule has 0 saturated heterocycles. The van der Waals surface area contributed by atoms with Gasteiger partial charge in [0.25, 0.3) is 0 Å². The van der Waals surface area contributed by atoms with Crippen molar-refractivity contribution in [3.8, 4) is 17.3 Å². The smallest absolute Gasteiger partial charge is 0.205 e. The largest absolute Gasteiger partial charge is 0.461 e. The molecular weight excluding hydrogens is 341 g/mol. The first-order valence-electron chi connectivity index (χ1n) is 6.39. The Hall–Kier alpha value is -1.69. The lowest BCUT2D eigenvalue weighted by Crippen LogP contribution is -1.99. The fourth-order valence-electron chi connectivity index (χ4n) is 1.92. The first-order valence-corrected chi connectivity index (χ1v) is 8.13. The second kappa shape index (κ2) is 6.60. The number of halogens is 2. The van der Waals surface area contributed by atoms with Crippen LogP contribution >= 0.6 is 35.0 Å². The van der Waals surface area contributed by atoms with Crippen LogP contribution < -0.4 is 0 Å². The van der Waals surface area contributed by atoms with Gasteiger partial charge in [-0.3, -0.25) is 4.57 Å². The number of aromatic nitrogens is 3. The van der Waals surface area contributed by atoms with Crippen LogP contribution in [0.2, 0.25) is 10.0 Å². The lowest BCUT2D eigenvalue weighted by Gasteiger charge is -2.09. The molecule has 0 spiro atoms. The molecule has 3 rings (SSSR count). The monoisotopic (exact) mass is 351 g/mol. The average molecular weight is 352 g/mol. The summed E-state index contributed by atoms with van der Waals surface area (Å²) in [5, 5.41) is 10.2. The van der Waals surface area contributed by atoms with Crippen LogP contribution in [0.3, 0.4) is 0 Å². The number of nitrogens with zero attached hydrogens (tertiary/aromatic N) is 3. The molecule has 0 N–H and O–H groups in total. The van der Waals surface area contributed by atoms with E-state index in [1.54, 1.807) is 24.5 Å². The maximum atomic E-state index is 6.13. The third-order valence-electron chi connectivity index (χ3n) is 2.87. The van der Waals surface area contributed by atoms with Gasteiger partial charge < -0.3 is 4.42 Å². The molecule has 0 radical (unpaired) electrons. The van der Waals surface area contributed by atoms with Crippen LogP contribution in [0.25, 0.3) is 17.3 Å². The zero-order chi connectivity index (χ0) is 15.5. The zero-order valence-corrected chi connectivity index (χ0v) is 13.7. The molecule has 7 heteroatoms. The van der Waals surface area contributed by atoms with Gasteiger partial charge in [-0.25, -0.2) is 0 Å². The summed E-state index contributed by atoms with van der Waals surface area (Å²) in [6.07, 6.45) is 3.41. The van der Waals surface area contributed by atoms with E-state index < -0.39 is 0 Å². The first-order chi connectivity index (χ1) is 10.7. The van der Waals surface area contributed by atoms with Crippen molar-refractivity contribution in [1.82, 2.24) is 14.8 Å². The van der Waals surface area contributed by atoms with E-state index in [4.69, 9.17) is 27.6 Å². The van der Waals surface area contributed by atoms with Gasteiger partial charge in [0.2, 0.25) is 5.82 Å². The van der Waals surface area contributed by atoms with Gasteiger partial charge >= 0.3 is 0 Å². The molecule has 22 heavy (non-hydrogen) atoms. The van der Waals surface area contributed by atoms with Crippen LogP contribution in [-0.2, 0) is 0 Å². The van der Waals surface area contributed by atoms with Gasteiger partial charge in [-0.05, 0) is 30.3 Å². The third kappa shape index (κ3) is 2.92. The predicted octanol–water partition coefficient (Wildman–Crippen LogP) is 5.11. The minimum Gasteiger partial charge on any atom is -0.461 e. The van der Waals surface area contributed by atoms with E-state index in [0.717, 1.165) is 16.6 Å². The van der Waals surface area contributed by atoms with Crippen LogP contribution in [0.15, 0.2) is 58.8 Å². The number of hydrogen-bond donors (Lipinski definition) is 0. The number of thioether (sulfide) groups is 1. The van der Waals surface area contributed by atoms with Crippen molar-refractivity contribution < 1.29 is 4.42 Å². The van der Waals surface area contributed by atoms with Crippen molar-refractivity contribution in [2.45, 2.75) is 5.16 Å². The molecule has 0 atom stereocenters. The van der Waals surface area contributed by atoms with Gasteiger partial charge in [0, 0.05) is 5.75 Å². The first kappa shape index (κ1) is 15.2. The fraction of sp³-hybridized carbons (Fsp3) is 0.0667. The van der Waals surface area contributed by atoms with Crippen molar-refractivity contribution >= 4 is 35.0 Å². The molecule has 1 aromatic carbocycles. The fourth-order valence-corrected chi connectivity index (χ4v) is 2.90. The molecule has 0 bridgehead atoms. The van der Waals surface area contributed by atoms with Gasteiger partial charge in [0.05, 0.1) is 22.0 Å². The Labute approximate surface area is 141 Å². The van der Waals surface area contributed by atoms with Crippen LogP contribution in [-0.4, -0.2) is 20.5 Å². The molecule has 0 aliphatic carbocycles. The normalized spacial score (nSPS) is 10.8. The lowest BCUT2D eigenvalue weighted by molar-refractivity contribution is 0.575. The summed E-state index contributed by atoms with van der Waals surface area (Å²) in [7, 11) is 0. The van der Waals surface area contributed by atoms with E-state index >= 15 is 0 Å². The standard InChI is InChI=1S/C15H11Cl2N3OS/c1-2-8-22-15-19-18-14(13-4-3-7-21-13)20(15)10-5-6-11(16)12(17)9-10/h2-7,9H,1,8H2. The Morgan fingerprint density at radius 3 is 2.77 bits per heavy atom. The second-order valence-electron chi connectivity index (χ2n) is 4.32. The Balaban J connectivity index is 2.15. The van der Waals surface area contributed by atoms with Crippen LogP contribution in [0.1, 0.15) is 0 Å². The van der Waals surface area contributed by atoms with Gasteiger partial charge in [-0.2, -0.15) is 0 Å². The van der Waals surface area contributed by atoms with Gasteiger partial charge in [0.15, 0.2) is 10.9 Å². The summed E-state index contributed by atoms with van der Waals surface area (Å²) < 4.78 is 7.33. The number of furan rings is 1. The van der Waals surface area contributed by atoms with E-state index in [0.29, 0.717) is 21.6 Å². The number of hydrogen-bond acceptors (Lipinski definition) is 4. The SMILES string of the molecule is C=CCSc1nnc(-c2ccco2)n1-c1ccc(Cl)c(Cl)c1. The maximum absolute atomic E-state index is 6.13. The molecule has 4 nitrogen and oxygen atoms in total. The van der Waals surface area contributed by atoms with Crippen LogP contribution in [0.5, 0.6) is 0 Å². The predicted molar refractivity (Wildman–Crippen MR) is 90.0 cm³/mol. The highest BCUT2D eigenvalue weighted by Crippen LogP contribution is 2.31. The molecule has 3 aromatic rings. The quantitative estimate of drug-likeness (QED) is 0.473. The average Bonchev–Trinajstić information content (AvgIpc) is 3.16. The van der Waals surface area contributed by atoms with Crippen LogP contribution in [0, 0.1) is 0 Å². The van der Waals surface area contributed by atoms with Crippen molar-refractivity contribution in [3.05, 3.63) is 59.3 Å². The van der Waals surface area contributed by atoms with Crippen molar-refractivity contribution in [2.75, 3.05) is 5.75 Å². The summed E-state index contributed by atoms with van der Waals surface area (Å²) in [4.78, 5) is 0. The molecule has 2 heterocycles. The molecule has 0 aliphatic rings. The second-order valence-corrected chi connectivity index (χ2v) is 6.12. The maximum Gasteiger partial charge on any atom is 0.205 e. The molecule has 0 unspecified atom stereocenters. The molecule has 0 amide bonds. The van der Waals surface area contributed by atoms with Crippen LogP contribution in [0.4, 0.5) is 0 Å². The molecule has 0 saturated carbocycles. The van der Waals surface area contributed by atoms with Crippen molar-refractivity contribution in [3.63, 3.8) is 0 Å². The topological polar surface area (TPSA) is 43.9 Å². The van der Waals surface area contributed by atoms with E-state index in [1.165, 1.54) is 11.8 Å². The van der Waals surface area contributed by atoms with Crippen molar-refractivity contribution in [2.24, 2.45) is 0 Å². The third-order valence-corrected chi connectivity index (χ3v) is 4.53. The Morgan fingerprint density at radius 2 is 2.09 bits per heavy atom. The number of rotatable bonds is 5. The Bertz CT molecular complexity index is 799. The molecular formula is C15H11Cl2N3OS. The van der Waals surface area contributed by atoms with E-state index in [9.17, 15) is 0 Å². The van der Waals surface area contributed by atoms with E-state index in [-0.39, 0.29) is 0 Å². The summed E-state index contributed by atoms with van der Waals surface area (Å²) >= 11 is 13.7. The molecule has 2 aromatic heterocycles. The minimum atomic E-state index is 0.470. The molecule has 0 aliphatic heterocycles. The summed E-state index contributed by atoms with van der Waals surface area (Å²) in [6, 6.07) is 9.02. The highest BCUT2D eigenvalue weighted by Gasteiger charge is 2.18. The zero-order valence-electron chi connectivity index (χ0n) is 11.4. The molecule has 0 fully saturated rings. The minimum absolute atomic E-state index is 0.470. The van der Waals surface area contributed by atoms with Gasteiger partial charge in [0.1, 0.15) is 0 Å². The summed E-state index contributed by atoms with van der Waals surface area (Å²) in [6.45, 7) is 3.73. The van der Waals surface area contributed by atoms with Gasteiger partial charge in [-0.15, -0.1) is 16.8 Å². The van der Waals surface area contributed by atoms with Crippen molar-refractivity contribution in [1.29, 1.82) is 0 Å².